The van der Waals surface area contributed by atoms with Gasteiger partial charge in [0.25, 0.3) is 0 Å². The Morgan fingerprint density at radius 2 is 0.875 bits per heavy atom. The van der Waals surface area contributed by atoms with E-state index < -0.39 is 0 Å². The molecule has 11 rings (SSSR count). The van der Waals surface area contributed by atoms with Gasteiger partial charge in [-0.3, -0.25) is 9.13 Å². The summed E-state index contributed by atoms with van der Waals surface area (Å²) in [6, 6.07) is 64.8. The molecule has 72 heavy (non-hydrogen) atoms. The van der Waals surface area contributed by atoms with Crippen molar-refractivity contribution in [2.45, 2.75) is 79.1 Å². The lowest BCUT2D eigenvalue weighted by Gasteiger charge is -2.24. The number of aromatic nitrogens is 4. The molecule has 0 aliphatic carbocycles. The Bertz CT molecular complexity index is 3750. The molecule has 0 bridgehead atoms. The number of nitrogens with zero attached hydrogens (tertiary/aromatic N) is 4. The van der Waals surface area contributed by atoms with Crippen LogP contribution in [0.15, 0.2) is 188 Å². The fourth-order valence-electron chi connectivity index (χ4n) is 10.5. The van der Waals surface area contributed by atoms with Crippen molar-refractivity contribution in [2.24, 2.45) is 0 Å². The molecule has 0 N–H and O–H groups in total. The van der Waals surface area contributed by atoms with E-state index in [4.69, 9.17) is 14.7 Å². The molecule has 0 saturated carbocycles. The molecule has 0 aliphatic heterocycles. The van der Waals surface area contributed by atoms with Gasteiger partial charge in [0.05, 0.1) is 33.4 Å². The van der Waals surface area contributed by atoms with Gasteiger partial charge >= 0.3 is 0 Å². The van der Waals surface area contributed by atoms with Crippen LogP contribution in [0.25, 0.3) is 89.2 Å². The number of hydrogen-bond acceptors (Lipinski definition) is 3. The van der Waals surface area contributed by atoms with Crippen molar-refractivity contribution in [1.82, 2.24) is 19.1 Å². The van der Waals surface area contributed by atoms with Crippen LogP contribution in [0.2, 0.25) is 0 Å². The van der Waals surface area contributed by atoms with E-state index in [1.165, 1.54) is 34.0 Å². The van der Waals surface area contributed by atoms with E-state index in [2.05, 4.69) is 222 Å². The van der Waals surface area contributed by atoms with E-state index in [1.54, 1.807) is 12.1 Å². The number of benzene rings is 9. The fraction of sp³-hybridized carbons (Fsp3) is 0.182. The molecular formula is C66H59FN4O. The third-order valence-electron chi connectivity index (χ3n) is 14.1. The van der Waals surface area contributed by atoms with Crippen LogP contribution in [0.4, 0.5) is 4.39 Å². The molecule has 0 aliphatic rings. The minimum atomic E-state index is -0.311. The monoisotopic (exact) mass is 942 g/mol. The van der Waals surface area contributed by atoms with E-state index in [-0.39, 0.29) is 29.5 Å². The second-order valence-electron chi connectivity index (χ2n) is 20.3. The molecule has 0 spiro atoms. The quantitative estimate of drug-likeness (QED) is 0.123. The van der Waals surface area contributed by atoms with Gasteiger partial charge in [-0.25, -0.2) is 14.4 Å². The van der Waals surface area contributed by atoms with Crippen molar-refractivity contribution >= 4 is 32.8 Å². The van der Waals surface area contributed by atoms with Crippen molar-refractivity contribution in [3.05, 3.63) is 216 Å². The van der Waals surface area contributed by atoms with Gasteiger partial charge in [0.15, 0.2) is 0 Å². The van der Waals surface area contributed by atoms with Crippen molar-refractivity contribution in [1.29, 1.82) is 0 Å². The van der Waals surface area contributed by atoms with E-state index in [0.717, 1.165) is 66.7 Å². The molecule has 0 unspecified atom stereocenters. The largest absolute Gasteiger partial charge is 0.457 e. The fourth-order valence-corrected chi connectivity index (χ4v) is 10.5. The lowest BCUT2D eigenvalue weighted by molar-refractivity contribution is 0.488. The highest BCUT2D eigenvalue weighted by Crippen LogP contribution is 2.44. The van der Waals surface area contributed by atoms with Crippen LogP contribution in [0.5, 0.6) is 11.5 Å². The smallest absolute Gasteiger partial charge is 0.145 e. The van der Waals surface area contributed by atoms with E-state index in [0.29, 0.717) is 28.4 Å². The first kappa shape index (κ1) is 46.3. The van der Waals surface area contributed by atoms with Crippen LogP contribution in [-0.2, 0) is 0 Å². The maximum absolute atomic E-state index is 15.5. The summed E-state index contributed by atoms with van der Waals surface area (Å²) in [5, 5.41) is 1.97. The highest BCUT2D eigenvalue weighted by molar-refractivity contribution is 5.94. The number of para-hydroxylation sites is 2. The molecule has 9 aromatic carbocycles. The van der Waals surface area contributed by atoms with Gasteiger partial charge < -0.3 is 4.74 Å². The topological polar surface area (TPSA) is 44.9 Å². The zero-order valence-electron chi connectivity index (χ0n) is 42.3. The number of fused-ring (bicyclic) bond motifs is 3. The van der Waals surface area contributed by atoms with Crippen LogP contribution >= 0.6 is 0 Å². The predicted molar refractivity (Wildman–Crippen MR) is 298 cm³/mol. The summed E-state index contributed by atoms with van der Waals surface area (Å²) in [6.45, 7) is 18.1. The molecule has 0 fully saturated rings. The maximum Gasteiger partial charge on any atom is 0.145 e. The summed E-state index contributed by atoms with van der Waals surface area (Å²) in [4.78, 5) is 10.7. The Labute approximate surface area is 422 Å². The van der Waals surface area contributed by atoms with Gasteiger partial charge in [0.2, 0.25) is 0 Å². The van der Waals surface area contributed by atoms with Crippen LogP contribution in [0, 0.1) is 5.82 Å². The Kier molecular flexibility index (Phi) is 12.2. The normalized spacial score (nSPS) is 11.9. The molecule has 0 radical (unpaired) electrons. The number of hydrogen-bond donors (Lipinski definition) is 0. The molecule has 2 heterocycles. The predicted octanol–water partition coefficient (Wildman–Crippen LogP) is 18.6. The lowest BCUT2D eigenvalue weighted by atomic mass is 9.88. The van der Waals surface area contributed by atoms with Crippen molar-refractivity contribution < 1.29 is 9.13 Å². The van der Waals surface area contributed by atoms with Crippen LogP contribution in [0.1, 0.15) is 101 Å². The standard InChI is InChI=1S/C66H59FN4O/c1-40(2)54-34-48(44-20-11-9-12-21-44)35-55(41(3)4)63(54)70-60-29-18-17-28-58(60)68-65(70)47-25-19-26-52(33-47)72-62-38-50(32-46-24-15-16-27-53(46)62)66-69-59-31-30-51(67)39-61(59)71(66)64-56(42(5)6)36-49(37-57(64)43(7)8)45-22-13-10-14-23-45/h9-43H,1-8H3. The first-order valence-electron chi connectivity index (χ1n) is 25.4. The summed E-state index contributed by atoms with van der Waals surface area (Å²) < 4.78 is 27.2. The second-order valence-corrected chi connectivity index (χ2v) is 20.3. The third-order valence-corrected chi connectivity index (χ3v) is 14.1. The van der Waals surface area contributed by atoms with Crippen molar-refractivity contribution in [3.8, 4) is 67.9 Å². The van der Waals surface area contributed by atoms with Crippen molar-refractivity contribution in [3.63, 3.8) is 0 Å². The molecule has 6 heteroatoms. The Hall–Kier alpha value is -8.09. The van der Waals surface area contributed by atoms with Crippen LogP contribution < -0.4 is 4.74 Å². The van der Waals surface area contributed by atoms with Crippen LogP contribution in [-0.4, -0.2) is 19.1 Å². The number of ether oxygens (including phenoxy) is 1. The molecule has 0 amide bonds. The minimum Gasteiger partial charge on any atom is -0.457 e. The second kappa shape index (κ2) is 18.9. The lowest BCUT2D eigenvalue weighted by Crippen LogP contribution is -2.09. The summed E-state index contributed by atoms with van der Waals surface area (Å²) in [5.74, 6) is 3.39. The zero-order valence-corrected chi connectivity index (χ0v) is 42.3. The van der Waals surface area contributed by atoms with E-state index >= 15 is 4.39 Å². The summed E-state index contributed by atoms with van der Waals surface area (Å²) in [6.07, 6.45) is 0. The average Bonchev–Trinajstić information content (AvgIpc) is 3.97. The Balaban J connectivity index is 1.08. The third kappa shape index (κ3) is 8.45. The zero-order chi connectivity index (χ0) is 49.8. The number of halogens is 1. The maximum atomic E-state index is 15.5. The highest BCUT2D eigenvalue weighted by Gasteiger charge is 2.27. The highest BCUT2D eigenvalue weighted by atomic mass is 19.1. The molecule has 356 valence electrons. The first-order chi connectivity index (χ1) is 34.9. The van der Waals surface area contributed by atoms with Gasteiger partial charge in [0, 0.05) is 22.6 Å². The molecule has 11 aromatic rings. The molecule has 5 nitrogen and oxygen atoms in total. The summed E-state index contributed by atoms with van der Waals surface area (Å²) in [7, 11) is 0. The van der Waals surface area contributed by atoms with E-state index in [1.807, 2.05) is 12.1 Å². The van der Waals surface area contributed by atoms with Gasteiger partial charge in [-0.2, -0.15) is 0 Å². The summed E-state index contributed by atoms with van der Waals surface area (Å²) >= 11 is 0. The molecule has 0 saturated heterocycles. The number of imidazole rings is 2. The minimum absolute atomic E-state index is 0.151. The summed E-state index contributed by atoms with van der Waals surface area (Å²) in [5.41, 5.74) is 17.0. The average molecular weight is 943 g/mol. The number of rotatable bonds is 12. The Morgan fingerprint density at radius 1 is 0.389 bits per heavy atom. The Morgan fingerprint density at radius 3 is 1.46 bits per heavy atom. The molecular weight excluding hydrogens is 884 g/mol. The van der Waals surface area contributed by atoms with Crippen molar-refractivity contribution in [2.75, 3.05) is 0 Å². The molecule has 0 atom stereocenters. The van der Waals surface area contributed by atoms with Gasteiger partial charge in [-0.15, -0.1) is 0 Å². The van der Waals surface area contributed by atoms with Gasteiger partial charge in [0.1, 0.15) is 29.0 Å². The first-order valence-corrected chi connectivity index (χ1v) is 25.4. The van der Waals surface area contributed by atoms with E-state index in [9.17, 15) is 0 Å². The van der Waals surface area contributed by atoms with Crippen LogP contribution in [0.3, 0.4) is 0 Å². The van der Waals surface area contributed by atoms with Gasteiger partial charge in [-0.1, -0.05) is 165 Å². The van der Waals surface area contributed by atoms with Gasteiger partial charge in [-0.05, 0) is 146 Å². The SMILES string of the molecule is CC(C)c1cc(-c2ccccc2)cc(C(C)C)c1-n1c(-c2cccc(Oc3cc(-c4nc5ccc(F)cc5n4-c4c(C(C)C)cc(-c5ccccc5)cc4C(C)C)cc4ccccc34)c2)nc2ccccc21. The molecule has 2 aromatic heterocycles.